The summed E-state index contributed by atoms with van der Waals surface area (Å²) < 4.78 is 6.12. The molecule has 0 bridgehead atoms. The number of aryl methyl sites for hydroxylation is 3. The molecule has 0 amide bonds. The van der Waals surface area contributed by atoms with E-state index in [9.17, 15) is 0 Å². The SMILES string of the molecule is Cc1cc(-c2ccccc2)nn1C(C)(n1nc(-c2ccccc2)cc1C)n1nc(-c2ccccc2)cc1C.[Cl][Mn][Cl]. The van der Waals surface area contributed by atoms with Crippen LogP contribution in [0.4, 0.5) is 0 Å². The Morgan fingerprint density at radius 1 is 0.512 bits per heavy atom. The molecule has 0 aliphatic heterocycles. The van der Waals surface area contributed by atoms with Crippen molar-refractivity contribution >= 4 is 20.2 Å². The zero-order valence-corrected chi connectivity index (χ0v) is 25.9. The van der Waals surface area contributed by atoms with Gasteiger partial charge in [0, 0.05) is 40.7 Å². The average Bonchev–Trinajstić information content (AvgIpc) is 3.71. The molecule has 209 valence electrons. The summed E-state index contributed by atoms with van der Waals surface area (Å²) in [7, 11) is 9.59. The maximum atomic E-state index is 5.15. The van der Waals surface area contributed by atoms with Crippen molar-refractivity contribution in [3.05, 3.63) is 126 Å². The maximum absolute atomic E-state index is 5.15. The number of hydrogen-bond acceptors (Lipinski definition) is 3. The molecule has 0 aliphatic carbocycles. The van der Waals surface area contributed by atoms with E-state index in [1.54, 1.807) is 0 Å². The molecule has 0 spiro atoms. The molecule has 0 saturated carbocycles. The molecule has 9 heteroatoms. The van der Waals surface area contributed by atoms with Crippen LogP contribution in [0, 0.1) is 20.8 Å². The van der Waals surface area contributed by atoms with E-state index in [0.29, 0.717) is 0 Å². The summed E-state index contributed by atoms with van der Waals surface area (Å²) >= 11 is 0.00694. The van der Waals surface area contributed by atoms with Crippen LogP contribution in [0.25, 0.3) is 33.8 Å². The van der Waals surface area contributed by atoms with Gasteiger partial charge in [0.15, 0.2) is 0 Å². The second-order valence-corrected chi connectivity index (χ2v) is 11.8. The van der Waals surface area contributed by atoms with E-state index in [0.717, 1.165) is 50.9 Å². The van der Waals surface area contributed by atoms with Crippen LogP contribution in [0.3, 0.4) is 0 Å². The van der Waals surface area contributed by atoms with Crippen LogP contribution in [0.1, 0.15) is 24.0 Å². The van der Waals surface area contributed by atoms with E-state index in [-0.39, 0.29) is 13.1 Å². The number of benzene rings is 3. The number of hydrogen-bond donors (Lipinski definition) is 0. The molecule has 0 aliphatic rings. The topological polar surface area (TPSA) is 53.5 Å². The van der Waals surface area contributed by atoms with Gasteiger partial charge in [0.25, 0.3) is 0 Å². The van der Waals surface area contributed by atoms with Gasteiger partial charge in [-0.2, -0.15) is 15.3 Å². The molecule has 6 nitrogen and oxygen atoms in total. The zero-order valence-electron chi connectivity index (χ0n) is 23.2. The van der Waals surface area contributed by atoms with Crippen LogP contribution in [-0.4, -0.2) is 29.3 Å². The van der Waals surface area contributed by atoms with E-state index in [1.165, 1.54) is 0 Å². The predicted octanol–water partition coefficient (Wildman–Crippen LogP) is 8.31. The molecule has 0 atom stereocenters. The van der Waals surface area contributed by atoms with Crippen LogP contribution in [-0.2, 0) is 18.9 Å². The summed E-state index contributed by atoms with van der Waals surface area (Å²) in [5.74, 6) is -0.884. The first kappa shape index (κ1) is 28.9. The van der Waals surface area contributed by atoms with Gasteiger partial charge in [-0.3, -0.25) is 0 Å². The Kier molecular flexibility index (Phi) is 8.81. The molecule has 41 heavy (non-hydrogen) atoms. The van der Waals surface area contributed by atoms with Crippen LogP contribution >= 0.6 is 20.2 Å². The molecule has 6 rings (SSSR count). The number of halogens is 2. The molecule has 0 radical (unpaired) electrons. The van der Waals surface area contributed by atoms with Gasteiger partial charge in [0.05, 0.1) is 17.1 Å². The van der Waals surface area contributed by atoms with Gasteiger partial charge in [-0.15, -0.1) is 0 Å². The average molecular weight is 624 g/mol. The first-order valence-corrected chi connectivity index (χ1v) is 16.4. The Balaban J connectivity index is 0.00000108. The van der Waals surface area contributed by atoms with Crippen molar-refractivity contribution < 1.29 is 13.1 Å². The van der Waals surface area contributed by atoms with Crippen molar-refractivity contribution in [2.45, 2.75) is 33.5 Å². The summed E-state index contributed by atoms with van der Waals surface area (Å²) in [4.78, 5) is 0. The quantitative estimate of drug-likeness (QED) is 0.175. The van der Waals surface area contributed by atoms with Crippen molar-refractivity contribution in [2.75, 3.05) is 0 Å². The molecule has 0 fully saturated rings. The Morgan fingerprint density at radius 2 is 0.756 bits per heavy atom. The van der Waals surface area contributed by atoms with Crippen molar-refractivity contribution in [3.63, 3.8) is 0 Å². The molecule has 0 unspecified atom stereocenters. The van der Waals surface area contributed by atoms with Crippen LogP contribution in [0.15, 0.2) is 109 Å². The van der Waals surface area contributed by atoms with Crippen LogP contribution in [0.5, 0.6) is 0 Å². The van der Waals surface area contributed by atoms with Gasteiger partial charge < -0.3 is 0 Å². The molecule has 0 saturated heterocycles. The fourth-order valence-corrected chi connectivity index (χ4v) is 5.23. The second kappa shape index (κ2) is 12.5. The Morgan fingerprint density at radius 3 is 1.00 bits per heavy atom. The fraction of sp³-hybridized carbons (Fsp3) is 0.156. The third kappa shape index (κ3) is 5.77. The monoisotopic (exact) mass is 623 g/mol. The number of aromatic nitrogens is 6. The van der Waals surface area contributed by atoms with Crippen molar-refractivity contribution in [2.24, 2.45) is 0 Å². The molecule has 3 heterocycles. The summed E-state index contributed by atoms with van der Waals surface area (Å²) in [5, 5.41) is 15.4. The van der Waals surface area contributed by atoms with Crippen molar-refractivity contribution in [1.29, 1.82) is 0 Å². The summed E-state index contributed by atoms with van der Waals surface area (Å²) in [5.41, 5.74) is 8.99. The molecule has 3 aromatic heterocycles. The number of nitrogens with zero attached hydrogens (tertiary/aromatic N) is 6. The first-order valence-electron chi connectivity index (χ1n) is 13.1. The van der Waals surface area contributed by atoms with E-state index < -0.39 is 5.79 Å². The Bertz CT molecular complexity index is 1520. The normalized spacial score (nSPS) is 11.3. The van der Waals surface area contributed by atoms with Gasteiger partial charge in [0.1, 0.15) is 0 Å². The van der Waals surface area contributed by atoms with Gasteiger partial charge in [0.2, 0.25) is 5.79 Å². The Labute approximate surface area is 255 Å². The fourth-order valence-electron chi connectivity index (χ4n) is 5.23. The molecular formula is C32H30Cl2MnN6. The second-order valence-electron chi connectivity index (χ2n) is 9.87. The minimum absolute atomic E-state index is 0.00694. The van der Waals surface area contributed by atoms with Crippen LogP contribution in [0.2, 0.25) is 0 Å². The predicted molar refractivity (Wildman–Crippen MR) is 163 cm³/mol. The van der Waals surface area contributed by atoms with Crippen molar-refractivity contribution in [1.82, 2.24) is 29.3 Å². The van der Waals surface area contributed by atoms with Crippen LogP contribution < -0.4 is 0 Å². The zero-order chi connectivity index (χ0) is 29.0. The van der Waals surface area contributed by atoms with Gasteiger partial charge in [-0.05, 0) is 39.0 Å². The van der Waals surface area contributed by atoms with Crippen molar-refractivity contribution in [3.8, 4) is 33.8 Å². The summed E-state index contributed by atoms with van der Waals surface area (Å²) in [6.45, 7) is 8.40. The van der Waals surface area contributed by atoms with Gasteiger partial charge in [-0.1, -0.05) is 91.0 Å². The van der Waals surface area contributed by atoms with Gasteiger partial charge in [-0.25, -0.2) is 14.0 Å². The molecule has 0 N–H and O–H groups in total. The third-order valence-corrected chi connectivity index (χ3v) is 7.07. The van der Waals surface area contributed by atoms with E-state index in [2.05, 4.69) is 82.3 Å². The molecule has 6 aromatic rings. The first-order chi connectivity index (χ1) is 19.9. The summed E-state index contributed by atoms with van der Waals surface area (Å²) in [6, 6.07) is 37.2. The molecular weight excluding hydrogens is 594 g/mol. The third-order valence-electron chi connectivity index (χ3n) is 7.07. The summed E-state index contributed by atoms with van der Waals surface area (Å²) in [6.07, 6.45) is 0. The van der Waals surface area contributed by atoms with E-state index in [1.807, 2.05) is 68.6 Å². The molecule has 3 aromatic carbocycles. The Hall–Kier alpha value is -3.61. The van der Waals surface area contributed by atoms with Gasteiger partial charge >= 0.3 is 33.3 Å². The minimum atomic E-state index is -0.884. The standard InChI is InChI=1S/C32H30N6.2ClH.Mn/c1-23-20-29(26-14-8-5-9-15-26)33-36(23)32(4,37-24(2)21-30(34-37)27-16-10-6-11-17-27)38-25(3)22-31(35-38)28-18-12-7-13-19-28;;;/h5-22H,1-4H3;2*1H;/q;;;+2/p-2. The van der Waals surface area contributed by atoms with E-state index in [4.69, 9.17) is 35.5 Å². The van der Waals surface area contributed by atoms with E-state index >= 15 is 0 Å². The number of rotatable bonds is 6.